The number of carbonyl (C=O) groups is 2. The molecule has 1 saturated carbocycles. The monoisotopic (exact) mass is 478 g/mol. The highest BCUT2D eigenvalue weighted by Crippen LogP contribution is 2.40. The van der Waals surface area contributed by atoms with Gasteiger partial charge in [-0.15, -0.1) is 0 Å². The fourth-order valence-corrected chi connectivity index (χ4v) is 6.45. The van der Waals surface area contributed by atoms with Crippen LogP contribution < -0.4 is 15.1 Å². The van der Waals surface area contributed by atoms with Crippen molar-refractivity contribution >= 4 is 35.0 Å². The van der Waals surface area contributed by atoms with Crippen molar-refractivity contribution in [1.29, 1.82) is 0 Å². The van der Waals surface area contributed by atoms with Crippen LogP contribution >= 0.6 is 11.8 Å². The van der Waals surface area contributed by atoms with Crippen molar-refractivity contribution in [3.63, 3.8) is 0 Å². The summed E-state index contributed by atoms with van der Waals surface area (Å²) in [5.74, 6) is 0.523. The zero-order valence-corrected chi connectivity index (χ0v) is 20.3. The van der Waals surface area contributed by atoms with E-state index in [2.05, 4.69) is 56.3 Å². The second kappa shape index (κ2) is 8.53. The Labute approximate surface area is 204 Å². The summed E-state index contributed by atoms with van der Waals surface area (Å²) >= 11 is 1.49. The van der Waals surface area contributed by atoms with E-state index in [-0.39, 0.29) is 23.7 Å². The fourth-order valence-electron chi connectivity index (χ4n) is 5.72. The number of Topliss-reactive ketones (excluding diaryl/α,β-unsaturated/α-hetero) is 1. The number of amides is 1. The summed E-state index contributed by atoms with van der Waals surface area (Å²) < 4.78 is 0. The van der Waals surface area contributed by atoms with Gasteiger partial charge in [-0.3, -0.25) is 9.59 Å². The molecule has 1 amide bonds. The highest BCUT2D eigenvalue weighted by Gasteiger charge is 2.49. The minimum Gasteiger partial charge on any atom is -0.369 e. The van der Waals surface area contributed by atoms with E-state index >= 15 is 0 Å². The standard InChI is InChI=1S/C25H30N6O2S/c1-29-10-12-30(13-11-29)17-4-6-18(7-5-17)34-24-26-15-19-21(32)14-20-23(33)28-25(8-2-3-9-25)16-31(20)22(19)27-24/h4-7,15,20H,2-3,8-14,16H2,1H3,(H,28,33). The third-order valence-electron chi connectivity index (χ3n) is 7.71. The molecule has 9 heteroatoms. The summed E-state index contributed by atoms with van der Waals surface area (Å²) in [6.07, 6.45) is 6.06. The highest BCUT2D eigenvalue weighted by atomic mass is 32.2. The van der Waals surface area contributed by atoms with E-state index in [9.17, 15) is 9.59 Å². The van der Waals surface area contributed by atoms with Crippen LogP contribution in [0.25, 0.3) is 0 Å². The molecular formula is C25H30N6O2S. The molecule has 8 nitrogen and oxygen atoms in total. The Morgan fingerprint density at radius 3 is 2.53 bits per heavy atom. The maximum absolute atomic E-state index is 12.9. The number of hydrogen-bond acceptors (Lipinski definition) is 8. The lowest BCUT2D eigenvalue weighted by atomic mass is 9.87. The molecular weight excluding hydrogens is 448 g/mol. The maximum atomic E-state index is 12.9. The lowest BCUT2D eigenvalue weighted by molar-refractivity contribution is -0.126. The molecule has 4 heterocycles. The number of likely N-dealkylation sites (N-methyl/N-ethyl adjacent to an activating group) is 1. The van der Waals surface area contributed by atoms with Crippen LogP contribution in [0.5, 0.6) is 0 Å². The summed E-state index contributed by atoms with van der Waals surface area (Å²) in [6, 6.07) is 8.06. The number of carbonyl (C=O) groups excluding carboxylic acids is 2. The molecule has 1 aromatic heterocycles. The zero-order valence-electron chi connectivity index (χ0n) is 19.5. The van der Waals surface area contributed by atoms with Crippen LogP contribution in [0.15, 0.2) is 40.5 Å². The molecule has 2 saturated heterocycles. The van der Waals surface area contributed by atoms with E-state index in [4.69, 9.17) is 4.98 Å². The summed E-state index contributed by atoms with van der Waals surface area (Å²) in [5, 5.41) is 3.85. The lowest BCUT2D eigenvalue weighted by Crippen LogP contribution is -2.68. The summed E-state index contributed by atoms with van der Waals surface area (Å²) in [4.78, 5) is 42.9. The minimum atomic E-state index is -0.471. The van der Waals surface area contributed by atoms with Crippen molar-refractivity contribution in [3.05, 3.63) is 36.0 Å². The summed E-state index contributed by atoms with van der Waals surface area (Å²) in [7, 11) is 2.16. The number of benzene rings is 1. The average Bonchev–Trinajstić information content (AvgIpc) is 3.28. The third-order valence-corrected chi connectivity index (χ3v) is 8.60. The van der Waals surface area contributed by atoms with E-state index in [0.29, 0.717) is 23.1 Å². The molecule has 0 bridgehead atoms. The van der Waals surface area contributed by atoms with Crippen molar-refractivity contribution < 1.29 is 9.59 Å². The van der Waals surface area contributed by atoms with Gasteiger partial charge in [0.15, 0.2) is 10.9 Å². The van der Waals surface area contributed by atoms with Crippen LogP contribution in [0, 0.1) is 0 Å². The number of hydrogen-bond donors (Lipinski definition) is 1. The summed E-state index contributed by atoms with van der Waals surface area (Å²) in [5.41, 5.74) is 1.58. The molecule has 2 aromatic rings. The van der Waals surface area contributed by atoms with Gasteiger partial charge in [-0.05, 0) is 55.9 Å². The molecule has 178 valence electrons. The number of aromatic nitrogens is 2. The fraction of sp³-hybridized carbons (Fsp3) is 0.520. The van der Waals surface area contributed by atoms with Crippen molar-refractivity contribution in [2.24, 2.45) is 0 Å². The number of anilines is 2. The highest BCUT2D eigenvalue weighted by molar-refractivity contribution is 7.99. The Hall–Kier alpha value is -2.65. The molecule has 1 spiro atoms. The first-order valence-corrected chi connectivity index (χ1v) is 13.0. The average molecular weight is 479 g/mol. The van der Waals surface area contributed by atoms with Crippen molar-refractivity contribution in [2.75, 3.05) is 49.6 Å². The van der Waals surface area contributed by atoms with Crippen molar-refractivity contribution in [1.82, 2.24) is 20.2 Å². The van der Waals surface area contributed by atoms with Crippen LogP contribution in [0.4, 0.5) is 11.5 Å². The van der Waals surface area contributed by atoms with Crippen LogP contribution in [0.3, 0.4) is 0 Å². The second-order valence-corrected chi connectivity index (χ2v) is 11.1. The Morgan fingerprint density at radius 1 is 1.06 bits per heavy atom. The van der Waals surface area contributed by atoms with Gasteiger partial charge in [0.2, 0.25) is 5.91 Å². The first kappa shape index (κ1) is 21.9. The Morgan fingerprint density at radius 2 is 1.79 bits per heavy atom. The molecule has 1 aliphatic carbocycles. The molecule has 4 aliphatic rings. The van der Waals surface area contributed by atoms with Gasteiger partial charge in [-0.25, -0.2) is 9.97 Å². The van der Waals surface area contributed by atoms with E-state index in [1.54, 1.807) is 6.20 Å². The second-order valence-electron chi connectivity index (χ2n) is 10.0. The smallest absolute Gasteiger partial charge is 0.243 e. The number of rotatable bonds is 3. The molecule has 3 fully saturated rings. The van der Waals surface area contributed by atoms with Gasteiger partial charge >= 0.3 is 0 Å². The predicted molar refractivity (Wildman–Crippen MR) is 132 cm³/mol. The van der Waals surface area contributed by atoms with E-state index < -0.39 is 6.04 Å². The Kier molecular flexibility index (Phi) is 5.49. The van der Waals surface area contributed by atoms with Gasteiger partial charge < -0.3 is 20.0 Å². The van der Waals surface area contributed by atoms with Crippen LogP contribution in [-0.4, -0.2) is 77.9 Å². The van der Waals surface area contributed by atoms with E-state index in [1.807, 2.05) is 0 Å². The maximum Gasteiger partial charge on any atom is 0.243 e. The number of piperazine rings is 2. The van der Waals surface area contributed by atoms with Crippen LogP contribution in [0.1, 0.15) is 42.5 Å². The van der Waals surface area contributed by atoms with Crippen molar-refractivity contribution in [3.8, 4) is 0 Å². The minimum absolute atomic E-state index is 0.0422. The zero-order chi connectivity index (χ0) is 23.3. The molecule has 1 N–H and O–H groups in total. The van der Waals surface area contributed by atoms with E-state index in [0.717, 1.165) is 56.8 Å². The predicted octanol–water partition coefficient (Wildman–Crippen LogP) is 2.58. The third kappa shape index (κ3) is 3.94. The van der Waals surface area contributed by atoms with Gasteiger partial charge in [-0.1, -0.05) is 12.8 Å². The van der Waals surface area contributed by atoms with Crippen LogP contribution in [-0.2, 0) is 4.79 Å². The Bertz CT molecular complexity index is 1110. The van der Waals surface area contributed by atoms with Crippen LogP contribution in [0.2, 0.25) is 0 Å². The Balaban J connectivity index is 1.23. The summed E-state index contributed by atoms with van der Waals surface area (Å²) in [6.45, 7) is 4.95. The molecule has 6 rings (SSSR count). The molecule has 0 radical (unpaired) electrons. The van der Waals surface area contributed by atoms with Gasteiger partial charge in [0, 0.05) is 55.9 Å². The lowest BCUT2D eigenvalue weighted by Gasteiger charge is -2.47. The van der Waals surface area contributed by atoms with Gasteiger partial charge in [-0.2, -0.15) is 0 Å². The number of nitrogens with one attached hydrogen (secondary N) is 1. The number of fused-ring (bicyclic) bond motifs is 3. The van der Waals surface area contributed by atoms with Crippen molar-refractivity contribution in [2.45, 2.75) is 53.7 Å². The van der Waals surface area contributed by atoms with E-state index in [1.165, 1.54) is 17.4 Å². The first-order valence-electron chi connectivity index (χ1n) is 12.2. The van der Waals surface area contributed by atoms with Gasteiger partial charge in [0.25, 0.3) is 0 Å². The molecule has 1 atom stereocenters. The molecule has 3 aliphatic heterocycles. The topological polar surface area (TPSA) is 81.7 Å². The van der Waals surface area contributed by atoms with Gasteiger partial charge in [0.1, 0.15) is 11.9 Å². The first-order chi connectivity index (χ1) is 16.5. The SMILES string of the molecule is CN1CCN(c2ccc(Sc3ncc4c(n3)N3CC5(CCCC5)NC(=O)C3CC4=O)cc2)CC1. The molecule has 34 heavy (non-hydrogen) atoms. The quantitative estimate of drug-likeness (QED) is 0.675. The molecule has 1 aromatic carbocycles. The normalized spacial score (nSPS) is 24.2. The number of nitrogens with zero attached hydrogens (tertiary/aromatic N) is 5. The number of ketones is 1. The molecule has 1 unspecified atom stereocenters. The largest absolute Gasteiger partial charge is 0.369 e. The van der Waals surface area contributed by atoms with Gasteiger partial charge in [0.05, 0.1) is 11.1 Å².